The molecule has 0 amide bonds. The van der Waals surface area contributed by atoms with Gasteiger partial charge in [0.15, 0.2) is 5.82 Å². The molecule has 0 radical (unpaired) electrons. The van der Waals surface area contributed by atoms with Gasteiger partial charge < -0.3 is 0 Å². The molecule has 2 heterocycles. The molecule has 0 fully saturated rings. The van der Waals surface area contributed by atoms with Gasteiger partial charge in [-0.25, -0.2) is 9.97 Å². The lowest BCUT2D eigenvalue weighted by atomic mass is 10.3. The predicted octanol–water partition coefficient (Wildman–Crippen LogP) is 3.49. The van der Waals surface area contributed by atoms with Crippen molar-refractivity contribution in [2.45, 2.75) is 26.8 Å². The van der Waals surface area contributed by atoms with E-state index in [2.05, 4.69) is 51.5 Å². The SMILES string of the molecule is Cc1nc(-c2cnn(C(C)C)c2)nc(Cl)c1I. The number of rotatable bonds is 2. The predicted molar refractivity (Wildman–Crippen MR) is 76.1 cm³/mol. The third kappa shape index (κ3) is 2.60. The Bertz CT molecular complexity index is 527. The fraction of sp³-hybridized carbons (Fsp3) is 0.364. The molecule has 0 N–H and O–H groups in total. The van der Waals surface area contributed by atoms with Crippen LogP contribution in [0.2, 0.25) is 5.15 Å². The van der Waals surface area contributed by atoms with E-state index in [1.54, 1.807) is 6.20 Å². The van der Waals surface area contributed by atoms with Crippen molar-refractivity contribution in [2.24, 2.45) is 0 Å². The first-order chi connectivity index (χ1) is 7.99. The smallest absolute Gasteiger partial charge is 0.164 e. The quantitative estimate of drug-likeness (QED) is 0.607. The molecule has 0 aromatic carbocycles. The molecule has 17 heavy (non-hydrogen) atoms. The largest absolute Gasteiger partial charge is 0.270 e. The van der Waals surface area contributed by atoms with Crippen LogP contribution < -0.4 is 0 Å². The number of aryl methyl sites for hydroxylation is 1. The van der Waals surface area contributed by atoms with Crippen LogP contribution in [0.5, 0.6) is 0 Å². The maximum atomic E-state index is 6.05. The summed E-state index contributed by atoms with van der Waals surface area (Å²) in [5.41, 5.74) is 1.78. The second-order valence-corrected chi connectivity index (χ2v) is 5.48. The van der Waals surface area contributed by atoms with Gasteiger partial charge in [-0.3, -0.25) is 4.68 Å². The van der Waals surface area contributed by atoms with Gasteiger partial charge in [0.05, 0.1) is 21.0 Å². The summed E-state index contributed by atoms with van der Waals surface area (Å²) in [7, 11) is 0. The lowest BCUT2D eigenvalue weighted by molar-refractivity contribution is 0.532. The second kappa shape index (κ2) is 4.89. The summed E-state index contributed by atoms with van der Waals surface area (Å²) in [6.07, 6.45) is 3.70. The Kier molecular flexibility index (Phi) is 3.67. The van der Waals surface area contributed by atoms with Crippen LogP contribution in [0, 0.1) is 10.5 Å². The molecule has 90 valence electrons. The zero-order valence-corrected chi connectivity index (χ0v) is 12.7. The van der Waals surface area contributed by atoms with Crippen LogP contribution in [0.1, 0.15) is 25.6 Å². The van der Waals surface area contributed by atoms with E-state index in [1.165, 1.54) is 0 Å². The minimum absolute atomic E-state index is 0.323. The minimum Gasteiger partial charge on any atom is -0.270 e. The van der Waals surface area contributed by atoms with Crippen LogP contribution in [-0.4, -0.2) is 19.7 Å². The van der Waals surface area contributed by atoms with Crippen molar-refractivity contribution in [3.05, 3.63) is 26.8 Å². The Morgan fingerprint density at radius 1 is 1.35 bits per heavy atom. The van der Waals surface area contributed by atoms with E-state index in [-0.39, 0.29) is 0 Å². The molecule has 0 atom stereocenters. The molecule has 0 bridgehead atoms. The third-order valence-corrected chi connectivity index (χ3v) is 4.25. The molecule has 4 nitrogen and oxygen atoms in total. The van der Waals surface area contributed by atoms with E-state index in [9.17, 15) is 0 Å². The molecule has 0 unspecified atom stereocenters. The highest BCUT2D eigenvalue weighted by molar-refractivity contribution is 14.1. The fourth-order valence-electron chi connectivity index (χ4n) is 1.39. The molecule has 0 aliphatic rings. The highest BCUT2D eigenvalue weighted by Gasteiger charge is 2.11. The Labute approximate surface area is 119 Å². The molecule has 2 aromatic heterocycles. The van der Waals surface area contributed by atoms with E-state index >= 15 is 0 Å². The van der Waals surface area contributed by atoms with Crippen molar-refractivity contribution < 1.29 is 0 Å². The summed E-state index contributed by atoms with van der Waals surface area (Å²) in [5, 5.41) is 4.76. The fourth-order valence-corrected chi connectivity index (χ4v) is 1.85. The Morgan fingerprint density at radius 3 is 2.59 bits per heavy atom. The summed E-state index contributed by atoms with van der Waals surface area (Å²) in [6, 6.07) is 0.323. The topological polar surface area (TPSA) is 43.6 Å². The molecular weight excluding hydrogens is 351 g/mol. The number of halogens is 2. The maximum absolute atomic E-state index is 6.05. The van der Waals surface area contributed by atoms with E-state index in [0.29, 0.717) is 17.0 Å². The van der Waals surface area contributed by atoms with E-state index < -0.39 is 0 Å². The molecule has 2 rings (SSSR count). The van der Waals surface area contributed by atoms with Crippen molar-refractivity contribution in [3.8, 4) is 11.4 Å². The van der Waals surface area contributed by atoms with Gasteiger partial charge in [0.1, 0.15) is 5.15 Å². The minimum atomic E-state index is 0.323. The molecule has 0 aliphatic carbocycles. The van der Waals surface area contributed by atoms with Crippen molar-refractivity contribution >= 4 is 34.2 Å². The van der Waals surface area contributed by atoms with Crippen LogP contribution in [0.4, 0.5) is 0 Å². The van der Waals surface area contributed by atoms with Gasteiger partial charge in [-0.05, 0) is 43.4 Å². The molecule has 6 heteroatoms. The zero-order chi connectivity index (χ0) is 12.6. The van der Waals surface area contributed by atoms with Crippen molar-refractivity contribution in [2.75, 3.05) is 0 Å². The van der Waals surface area contributed by atoms with Crippen molar-refractivity contribution in [1.29, 1.82) is 0 Å². The van der Waals surface area contributed by atoms with E-state index in [1.807, 2.05) is 17.8 Å². The monoisotopic (exact) mass is 362 g/mol. The first-order valence-corrected chi connectivity index (χ1v) is 6.69. The maximum Gasteiger partial charge on any atom is 0.164 e. The Morgan fingerprint density at radius 2 is 2.06 bits per heavy atom. The van der Waals surface area contributed by atoms with Crippen LogP contribution in [-0.2, 0) is 0 Å². The van der Waals surface area contributed by atoms with Crippen LogP contribution >= 0.6 is 34.2 Å². The zero-order valence-electron chi connectivity index (χ0n) is 9.78. The normalized spacial score (nSPS) is 11.2. The number of hydrogen-bond donors (Lipinski definition) is 0. The average molecular weight is 363 g/mol. The van der Waals surface area contributed by atoms with Gasteiger partial charge in [-0.2, -0.15) is 5.10 Å². The molecule has 0 saturated carbocycles. The number of aromatic nitrogens is 4. The first-order valence-electron chi connectivity index (χ1n) is 5.23. The summed E-state index contributed by atoms with van der Waals surface area (Å²) in [5.74, 6) is 0.625. The highest BCUT2D eigenvalue weighted by atomic mass is 127. The van der Waals surface area contributed by atoms with Crippen LogP contribution in [0.25, 0.3) is 11.4 Å². The van der Waals surface area contributed by atoms with Gasteiger partial charge in [-0.15, -0.1) is 0 Å². The molecule has 0 aliphatic heterocycles. The molecule has 0 saturated heterocycles. The highest BCUT2D eigenvalue weighted by Crippen LogP contribution is 2.23. The van der Waals surface area contributed by atoms with E-state index in [4.69, 9.17) is 11.6 Å². The molecule has 2 aromatic rings. The molecule has 0 spiro atoms. The van der Waals surface area contributed by atoms with Crippen LogP contribution in [0.3, 0.4) is 0 Å². The van der Waals surface area contributed by atoms with Gasteiger partial charge in [-0.1, -0.05) is 11.6 Å². The number of nitrogens with zero attached hydrogens (tertiary/aromatic N) is 4. The average Bonchev–Trinajstić information content (AvgIpc) is 2.74. The second-order valence-electron chi connectivity index (χ2n) is 4.04. The lowest BCUT2D eigenvalue weighted by Crippen LogP contribution is -2.00. The van der Waals surface area contributed by atoms with Gasteiger partial charge in [0.2, 0.25) is 0 Å². The first kappa shape index (κ1) is 12.8. The summed E-state index contributed by atoms with van der Waals surface area (Å²) < 4.78 is 2.77. The lowest BCUT2D eigenvalue weighted by Gasteiger charge is -2.04. The molecular formula is C11H12ClIN4. The Hall–Kier alpha value is -0.690. The van der Waals surface area contributed by atoms with Crippen LogP contribution in [0.15, 0.2) is 12.4 Å². The van der Waals surface area contributed by atoms with Gasteiger partial charge in [0, 0.05) is 12.2 Å². The van der Waals surface area contributed by atoms with Gasteiger partial charge in [0.25, 0.3) is 0 Å². The third-order valence-electron chi connectivity index (χ3n) is 2.37. The Balaban J connectivity index is 2.46. The summed E-state index contributed by atoms with van der Waals surface area (Å²) >= 11 is 8.20. The summed E-state index contributed by atoms with van der Waals surface area (Å²) in [4.78, 5) is 8.69. The van der Waals surface area contributed by atoms with Crippen molar-refractivity contribution in [3.63, 3.8) is 0 Å². The standard InChI is InChI=1S/C11H12ClIN4/c1-6(2)17-5-8(4-14-17)11-15-7(3)9(13)10(12)16-11/h4-6H,1-3H3. The summed E-state index contributed by atoms with van der Waals surface area (Å²) in [6.45, 7) is 6.07. The van der Waals surface area contributed by atoms with E-state index in [0.717, 1.165) is 14.8 Å². The number of hydrogen-bond acceptors (Lipinski definition) is 3. The van der Waals surface area contributed by atoms with Gasteiger partial charge >= 0.3 is 0 Å². The van der Waals surface area contributed by atoms with Crippen molar-refractivity contribution in [1.82, 2.24) is 19.7 Å².